The van der Waals surface area contributed by atoms with Gasteiger partial charge in [-0.05, 0) is 40.1 Å². The standard InChI is InChI=1S/C19H25N3O4S2/c1-12(23)26-14-9-7-6-8-13(14)16(24)20-15-17(25)22(11-10-21(4)5)18(27)28-19(15,2)3/h6-9,15H,10-11H2,1-5H3,(H,20,24). The lowest BCUT2D eigenvalue weighted by atomic mass is 10.0. The van der Waals surface area contributed by atoms with Crippen LogP contribution in [0.4, 0.5) is 0 Å². The number of thiocarbonyl (C=S) groups is 1. The molecule has 28 heavy (non-hydrogen) atoms. The van der Waals surface area contributed by atoms with E-state index < -0.39 is 22.7 Å². The number of rotatable bonds is 6. The Hall–Kier alpha value is -1.97. The summed E-state index contributed by atoms with van der Waals surface area (Å²) in [6, 6.07) is 5.65. The maximum absolute atomic E-state index is 13.1. The minimum absolute atomic E-state index is 0.154. The molecule has 0 aromatic heterocycles. The van der Waals surface area contributed by atoms with E-state index in [4.69, 9.17) is 17.0 Å². The van der Waals surface area contributed by atoms with Gasteiger partial charge in [0.15, 0.2) is 0 Å². The van der Waals surface area contributed by atoms with Crippen LogP contribution in [0, 0.1) is 0 Å². The second kappa shape index (κ2) is 9.02. The van der Waals surface area contributed by atoms with E-state index in [-0.39, 0.29) is 17.2 Å². The predicted molar refractivity (Wildman–Crippen MR) is 114 cm³/mol. The Balaban J connectivity index is 2.25. The molecule has 2 rings (SSSR count). The molecule has 1 aliphatic heterocycles. The molecule has 1 N–H and O–H groups in total. The summed E-state index contributed by atoms with van der Waals surface area (Å²) < 4.78 is 5.00. The van der Waals surface area contributed by atoms with Crippen molar-refractivity contribution in [2.75, 3.05) is 27.2 Å². The van der Waals surface area contributed by atoms with E-state index >= 15 is 0 Å². The van der Waals surface area contributed by atoms with Gasteiger partial charge in [-0.3, -0.25) is 19.3 Å². The first-order valence-electron chi connectivity index (χ1n) is 8.80. The number of hydrogen-bond acceptors (Lipinski definition) is 7. The quantitative estimate of drug-likeness (QED) is 0.425. The van der Waals surface area contributed by atoms with E-state index in [0.29, 0.717) is 17.4 Å². The van der Waals surface area contributed by atoms with Gasteiger partial charge in [0.05, 0.1) is 5.56 Å². The highest BCUT2D eigenvalue weighted by Gasteiger charge is 2.46. The van der Waals surface area contributed by atoms with Crippen molar-refractivity contribution in [3.05, 3.63) is 29.8 Å². The number of nitrogens with zero attached hydrogens (tertiary/aromatic N) is 2. The Kier molecular flexibility index (Phi) is 7.19. The smallest absolute Gasteiger partial charge is 0.308 e. The highest BCUT2D eigenvalue weighted by molar-refractivity contribution is 8.24. The molecular formula is C19H25N3O4S2. The number of hydrogen-bond donors (Lipinski definition) is 1. The summed E-state index contributed by atoms with van der Waals surface area (Å²) in [5.41, 5.74) is 0.194. The maximum atomic E-state index is 13.1. The van der Waals surface area contributed by atoms with Crippen molar-refractivity contribution in [1.82, 2.24) is 15.1 Å². The second-order valence-corrected chi connectivity index (χ2v) is 9.55. The molecule has 0 saturated carbocycles. The van der Waals surface area contributed by atoms with E-state index in [9.17, 15) is 14.4 Å². The summed E-state index contributed by atoms with van der Waals surface area (Å²) in [7, 11) is 3.83. The van der Waals surface area contributed by atoms with Crippen LogP contribution in [-0.2, 0) is 9.59 Å². The van der Waals surface area contributed by atoms with Crippen LogP contribution < -0.4 is 10.1 Å². The fraction of sp³-hybridized carbons (Fsp3) is 0.474. The SMILES string of the molecule is CC(=O)Oc1ccccc1C(=O)NC1C(=O)N(CCN(C)C)C(=S)SC1(C)C. The van der Waals surface area contributed by atoms with Crippen LogP contribution in [0.1, 0.15) is 31.1 Å². The van der Waals surface area contributed by atoms with E-state index in [1.807, 2.05) is 32.8 Å². The highest BCUT2D eigenvalue weighted by Crippen LogP contribution is 2.36. The minimum atomic E-state index is -0.774. The molecule has 9 heteroatoms. The topological polar surface area (TPSA) is 78.9 Å². The third-order valence-electron chi connectivity index (χ3n) is 4.21. The van der Waals surface area contributed by atoms with Gasteiger partial charge in [0.25, 0.3) is 11.8 Å². The number of thioether (sulfide) groups is 1. The number of esters is 1. The summed E-state index contributed by atoms with van der Waals surface area (Å²) in [5, 5.41) is 2.81. The molecule has 1 atom stereocenters. The van der Waals surface area contributed by atoms with E-state index in [0.717, 1.165) is 0 Å². The Morgan fingerprint density at radius 3 is 2.57 bits per heavy atom. The first-order chi connectivity index (χ1) is 13.0. The first-order valence-corrected chi connectivity index (χ1v) is 10.0. The van der Waals surface area contributed by atoms with Gasteiger partial charge >= 0.3 is 5.97 Å². The fourth-order valence-corrected chi connectivity index (χ4v) is 4.57. The van der Waals surface area contributed by atoms with Crippen molar-refractivity contribution >= 4 is 46.1 Å². The second-order valence-electron chi connectivity index (χ2n) is 7.26. The summed E-state index contributed by atoms with van der Waals surface area (Å²) in [5.74, 6) is -1.09. The molecule has 1 aliphatic rings. The third kappa shape index (κ3) is 5.30. The van der Waals surface area contributed by atoms with Crippen LogP contribution in [0.3, 0.4) is 0 Å². The molecule has 1 aromatic rings. The molecule has 1 heterocycles. The van der Waals surface area contributed by atoms with Crippen molar-refractivity contribution < 1.29 is 19.1 Å². The van der Waals surface area contributed by atoms with Crippen LogP contribution in [0.2, 0.25) is 0 Å². The van der Waals surface area contributed by atoms with Crippen LogP contribution in [0.15, 0.2) is 24.3 Å². The first kappa shape index (κ1) is 22.3. The van der Waals surface area contributed by atoms with Gasteiger partial charge in [-0.15, -0.1) is 0 Å². The maximum Gasteiger partial charge on any atom is 0.308 e. The number of likely N-dealkylation sites (N-methyl/N-ethyl adjacent to an activating group) is 1. The Bertz CT molecular complexity index is 795. The Morgan fingerprint density at radius 2 is 1.96 bits per heavy atom. The zero-order valence-corrected chi connectivity index (χ0v) is 18.3. The molecule has 1 unspecified atom stereocenters. The van der Waals surface area contributed by atoms with E-state index in [1.165, 1.54) is 29.7 Å². The zero-order chi connectivity index (χ0) is 21.1. The van der Waals surface area contributed by atoms with Gasteiger partial charge in [0, 0.05) is 24.8 Å². The van der Waals surface area contributed by atoms with E-state index in [1.54, 1.807) is 18.2 Å². The molecule has 152 valence electrons. The molecular weight excluding hydrogens is 398 g/mol. The van der Waals surface area contributed by atoms with Crippen molar-refractivity contribution in [2.24, 2.45) is 0 Å². The molecule has 1 fully saturated rings. The minimum Gasteiger partial charge on any atom is -0.426 e. The molecule has 1 aromatic carbocycles. The lowest BCUT2D eigenvalue weighted by Gasteiger charge is -2.42. The number of amides is 2. The fourth-order valence-electron chi connectivity index (χ4n) is 2.73. The van der Waals surface area contributed by atoms with Gasteiger partial charge in [0.1, 0.15) is 16.1 Å². The molecule has 0 bridgehead atoms. The summed E-state index contributed by atoms with van der Waals surface area (Å²) in [6.45, 7) is 6.11. The molecule has 7 nitrogen and oxygen atoms in total. The number of carbonyl (C=O) groups excluding carboxylic acids is 3. The van der Waals surface area contributed by atoms with Crippen molar-refractivity contribution in [1.29, 1.82) is 0 Å². The van der Waals surface area contributed by atoms with Crippen LogP contribution in [0.5, 0.6) is 5.75 Å². The summed E-state index contributed by atoms with van der Waals surface area (Å²) in [6.07, 6.45) is 0. The number of nitrogens with one attached hydrogen (secondary N) is 1. The van der Waals surface area contributed by atoms with Crippen molar-refractivity contribution in [2.45, 2.75) is 31.6 Å². The van der Waals surface area contributed by atoms with E-state index in [2.05, 4.69) is 5.32 Å². The highest BCUT2D eigenvalue weighted by atomic mass is 32.2. The zero-order valence-electron chi connectivity index (χ0n) is 16.6. The molecule has 0 aliphatic carbocycles. The monoisotopic (exact) mass is 423 g/mol. The lowest BCUT2D eigenvalue weighted by Crippen LogP contribution is -2.62. The van der Waals surface area contributed by atoms with Crippen molar-refractivity contribution in [3.63, 3.8) is 0 Å². The van der Waals surface area contributed by atoms with Crippen LogP contribution >= 0.6 is 24.0 Å². The van der Waals surface area contributed by atoms with Crippen LogP contribution in [0.25, 0.3) is 0 Å². The normalized spacial score (nSPS) is 18.9. The largest absolute Gasteiger partial charge is 0.426 e. The van der Waals surface area contributed by atoms with Crippen molar-refractivity contribution in [3.8, 4) is 5.75 Å². The molecule has 0 spiro atoms. The summed E-state index contributed by atoms with van der Waals surface area (Å²) in [4.78, 5) is 40.8. The molecule has 2 amide bonds. The summed E-state index contributed by atoms with van der Waals surface area (Å²) >= 11 is 6.80. The molecule has 0 radical (unpaired) electrons. The van der Waals surface area contributed by atoms with Gasteiger partial charge in [-0.2, -0.15) is 0 Å². The van der Waals surface area contributed by atoms with Gasteiger partial charge in [0.2, 0.25) is 0 Å². The van der Waals surface area contributed by atoms with Gasteiger partial charge in [-0.1, -0.05) is 36.1 Å². The van der Waals surface area contributed by atoms with Gasteiger partial charge < -0.3 is 15.0 Å². The molecule has 1 saturated heterocycles. The average Bonchev–Trinajstić information content (AvgIpc) is 2.57. The van der Waals surface area contributed by atoms with Gasteiger partial charge in [-0.25, -0.2) is 0 Å². The Morgan fingerprint density at radius 1 is 1.32 bits per heavy atom. The van der Waals surface area contributed by atoms with Crippen LogP contribution in [-0.4, -0.2) is 69.9 Å². The number of ether oxygens (including phenoxy) is 1. The number of para-hydroxylation sites is 1. The Labute approximate surface area is 174 Å². The number of benzene rings is 1. The average molecular weight is 424 g/mol. The third-order valence-corrected chi connectivity index (χ3v) is 5.84. The predicted octanol–water partition coefficient (Wildman–Crippen LogP) is 1.91. The number of carbonyl (C=O) groups is 3. The lowest BCUT2D eigenvalue weighted by molar-refractivity contribution is -0.132.